The molecule has 0 aliphatic heterocycles. The minimum Gasteiger partial charge on any atom is -0.398 e. The SMILES string of the molecule is CC(C)c1nc(N=S(C)(=O)c2ccc(F)cc2)c2cc(N)c(C=N)cc2c1-c1ccc(F)cc1.[HH]. The molecule has 0 spiro atoms. The number of nitrogens with two attached hydrogens (primary N) is 1. The second-order valence-corrected chi connectivity index (χ2v) is 10.6. The molecule has 1 unspecified atom stereocenters. The van der Waals surface area contributed by atoms with E-state index >= 15 is 0 Å². The van der Waals surface area contributed by atoms with Crippen molar-refractivity contribution in [3.63, 3.8) is 0 Å². The predicted molar refractivity (Wildman–Crippen MR) is 136 cm³/mol. The summed E-state index contributed by atoms with van der Waals surface area (Å²) in [4.78, 5) is 5.17. The lowest BCUT2D eigenvalue weighted by molar-refractivity contribution is 0.626. The van der Waals surface area contributed by atoms with Gasteiger partial charge in [-0.1, -0.05) is 26.0 Å². The number of nitrogen functional groups attached to an aromatic ring is 1. The van der Waals surface area contributed by atoms with Crippen LogP contribution in [0.3, 0.4) is 0 Å². The molecule has 0 fully saturated rings. The van der Waals surface area contributed by atoms with Crippen LogP contribution in [0.2, 0.25) is 0 Å². The van der Waals surface area contributed by atoms with Gasteiger partial charge in [0.15, 0.2) is 5.82 Å². The van der Waals surface area contributed by atoms with E-state index in [2.05, 4.69) is 4.36 Å². The third kappa shape index (κ3) is 4.41. The molecule has 1 atom stereocenters. The minimum atomic E-state index is -2.97. The zero-order valence-corrected chi connectivity index (χ0v) is 19.8. The number of pyridine rings is 1. The minimum absolute atomic E-state index is 0. The predicted octanol–water partition coefficient (Wildman–Crippen LogP) is 6.92. The molecule has 0 saturated heterocycles. The van der Waals surface area contributed by atoms with Gasteiger partial charge in [0.05, 0.1) is 15.4 Å². The molecule has 5 nitrogen and oxygen atoms in total. The van der Waals surface area contributed by atoms with E-state index < -0.39 is 15.5 Å². The molecular weight excluding hydrogens is 454 g/mol. The van der Waals surface area contributed by atoms with E-state index in [4.69, 9.17) is 16.1 Å². The second kappa shape index (κ2) is 8.95. The molecule has 0 bridgehead atoms. The summed E-state index contributed by atoms with van der Waals surface area (Å²) in [5.74, 6) is -0.587. The van der Waals surface area contributed by atoms with Crippen LogP contribution in [0.25, 0.3) is 21.9 Å². The fourth-order valence-corrected chi connectivity index (χ4v) is 5.05. The number of nitrogens with zero attached hydrogens (tertiary/aromatic N) is 2. The van der Waals surface area contributed by atoms with E-state index in [1.807, 2.05) is 13.8 Å². The van der Waals surface area contributed by atoms with Gasteiger partial charge < -0.3 is 11.1 Å². The van der Waals surface area contributed by atoms with E-state index in [1.54, 1.807) is 24.3 Å². The molecule has 1 aromatic heterocycles. The third-order valence-electron chi connectivity index (χ3n) is 5.56. The van der Waals surface area contributed by atoms with Gasteiger partial charge in [0, 0.05) is 41.0 Å². The van der Waals surface area contributed by atoms with E-state index in [0.717, 1.165) is 17.3 Å². The number of halogens is 2. The number of fused-ring (bicyclic) bond motifs is 1. The molecule has 0 amide bonds. The maximum atomic E-state index is 13.7. The van der Waals surface area contributed by atoms with Gasteiger partial charge in [-0.25, -0.2) is 18.0 Å². The number of aromatic nitrogens is 1. The molecule has 8 heteroatoms. The van der Waals surface area contributed by atoms with Crippen molar-refractivity contribution in [2.45, 2.75) is 24.7 Å². The summed E-state index contributed by atoms with van der Waals surface area (Å²) in [6.07, 6.45) is 2.64. The molecule has 1 heterocycles. The van der Waals surface area contributed by atoms with Crippen molar-refractivity contribution in [2.75, 3.05) is 12.0 Å². The van der Waals surface area contributed by atoms with Crippen LogP contribution in [0.5, 0.6) is 0 Å². The van der Waals surface area contributed by atoms with Gasteiger partial charge in [0.2, 0.25) is 0 Å². The molecule has 0 saturated carbocycles. The summed E-state index contributed by atoms with van der Waals surface area (Å²) in [5, 5.41) is 9.03. The first kappa shape index (κ1) is 23.5. The van der Waals surface area contributed by atoms with Crippen LogP contribution in [0, 0.1) is 17.0 Å². The first-order chi connectivity index (χ1) is 16.1. The Labute approximate surface area is 198 Å². The van der Waals surface area contributed by atoms with Gasteiger partial charge >= 0.3 is 0 Å². The Morgan fingerprint density at radius 2 is 1.62 bits per heavy atom. The molecule has 4 aromatic rings. The summed E-state index contributed by atoms with van der Waals surface area (Å²) >= 11 is 0. The molecular formula is C26H26F2N4OS. The molecule has 34 heavy (non-hydrogen) atoms. The van der Waals surface area contributed by atoms with Crippen molar-refractivity contribution in [3.05, 3.63) is 83.6 Å². The summed E-state index contributed by atoms with van der Waals surface area (Å²) in [5.41, 5.74) is 9.26. The molecule has 3 N–H and O–H groups in total. The average molecular weight is 481 g/mol. The van der Waals surface area contributed by atoms with Crippen LogP contribution in [0.15, 0.2) is 69.9 Å². The Morgan fingerprint density at radius 1 is 1.03 bits per heavy atom. The van der Waals surface area contributed by atoms with Crippen LogP contribution in [-0.4, -0.2) is 21.7 Å². The topological polar surface area (TPSA) is 92.2 Å². The van der Waals surface area contributed by atoms with Gasteiger partial charge in [-0.3, -0.25) is 0 Å². The van der Waals surface area contributed by atoms with E-state index in [1.165, 1.54) is 42.7 Å². The molecule has 3 aromatic carbocycles. The van der Waals surface area contributed by atoms with E-state index in [9.17, 15) is 13.0 Å². The largest absolute Gasteiger partial charge is 0.398 e. The van der Waals surface area contributed by atoms with Crippen molar-refractivity contribution in [3.8, 4) is 11.1 Å². The quantitative estimate of drug-likeness (QED) is 0.240. The number of hydrogen-bond donors (Lipinski definition) is 2. The molecule has 0 radical (unpaired) electrons. The van der Waals surface area contributed by atoms with Crippen molar-refractivity contribution < 1.29 is 14.4 Å². The number of anilines is 1. The van der Waals surface area contributed by atoms with Gasteiger partial charge in [-0.05, 0) is 65.4 Å². The molecule has 0 aliphatic rings. The highest BCUT2D eigenvalue weighted by Crippen LogP contribution is 2.41. The normalized spacial score (nSPS) is 13.1. The monoisotopic (exact) mass is 480 g/mol. The van der Waals surface area contributed by atoms with Crippen LogP contribution in [-0.2, 0) is 9.73 Å². The van der Waals surface area contributed by atoms with Gasteiger partial charge in [-0.15, -0.1) is 0 Å². The van der Waals surface area contributed by atoms with Crippen LogP contribution in [0.4, 0.5) is 20.3 Å². The number of benzene rings is 3. The fourth-order valence-electron chi connectivity index (χ4n) is 3.83. The molecule has 176 valence electrons. The highest BCUT2D eigenvalue weighted by molar-refractivity contribution is 7.93. The Kier molecular flexibility index (Phi) is 6.18. The maximum Gasteiger partial charge on any atom is 0.170 e. The lowest BCUT2D eigenvalue weighted by atomic mass is 9.91. The summed E-state index contributed by atoms with van der Waals surface area (Å²) in [6.45, 7) is 3.95. The third-order valence-corrected chi connectivity index (χ3v) is 7.23. The summed E-state index contributed by atoms with van der Waals surface area (Å²) in [7, 11) is -2.97. The van der Waals surface area contributed by atoms with Gasteiger partial charge in [0.1, 0.15) is 11.6 Å². The Bertz CT molecular complexity index is 1530. The van der Waals surface area contributed by atoms with Crippen molar-refractivity contribution in [1.29, 1.82) is 5.41 Å². The van der Waals surface area contributed by atoms with Gasteiger partial charge in [-0.2, -0.15) is 4.36 Å². The zero-order chi connectivity index (χ0) is 24.6. The van der Waals surface area contributed by atoms with E-state index in [0.29, 0.717) is 32.6 Å². The summed E-state index contributed by atoms with van der Waals surface area (Å²) in [6, 6.07) is 14.9. The van der Waals surface area contributed by atoms with Crippen LogP contribution < -0.4 is 5.73 Å². The second-order valence-electron chi connectivity index (χ2n) is 8.38. The standard InChI is InChI=1S/C26H24F2N4OS.H2/c1-15(2)25-24(16-4-6-18(27)7-5-16)21-12-17(14-29)23(30)13-22(21)26(31-25)32-34(3,33)20-10-8-19(28)9-11-20;/h4-15,29H,30H2,1-3H3;1H. The number of rotatable bonds is 5. The Balaban J connectivity index is 0.00000342. The van der Waals surface area contributed by atoms with E-state index in [-0.39, 0.29) is 19.0 Å². The Hall–Kier alpha value is -3.65. The smallest absolute Gasteiger partial charge is 0.170 e. The summed E-state index contributed by atoms with van der Waals surface area (Å²) < 4.78 is 45.1. The van der Waals surface area contributed by atoms with Crippen molar-refractivity contribution >= 4 is 38.2 Å². The van der Waals surface area contributed by atoms with Crippen molar-refractivity contribution in [1.82, 2.24) is 4.98 Å². The van der Waals surface area contributed by atoms with Crippen LogP contribution >= 0.6 is 0 Å². The van der Waals surface area contributed by atoms with Crippen molar-refractivity contribution in [2.24, 2.45) is 4.36 Å². The first-order valence-corrected chi connectivity index (χ1v) is 12.5. The average Bonchev–Trinajstić information content (AvgIpc) is 2.79. The lowest BCUT2D eigenvalue weighted by Gasteiger charge is -2.18. The number of hydrogen-bond acceptors (Lipinski definition) is 5. The Morgan fingerprint density at radius 3 is 2.18 bits per heavy atom. The molecule has 4 rings (SSSR count). The first-order valence-electron chi connectivity index (χ1n) is 10.6. The maximum absolute atomic E-state index is 13.7. The van der Waals surface area contributed by atoms with Gasteiger partial charge in [0.25, 0.3) is 0 Å². The highest BCUT2D eigenvalue weighted by Gasteiger charge is 2.20. The number of nitrogens with one attached hydrogen (secondary N) is 1. The molecule has 0 aliphatic carbocycles. The fraction of sp³-hybridized carbons (Fsp3) is 0.154. The highest BCUT2D eigenvalue weighted by atomic mass is 32.2. The zero-order valence-electron chi connectivity index (χ0n) is 19.0. The lowest BCUT2D eigenvalue weighted by Crippen LogP contribution is -2.03. The van der Waals surface area contributed by atoms with Crippen LogP contribution in [0.1, 0.15) is 32.4 Å².